The first-order valence-electron chi connectivity index (χ1n) is 9.58. The van der Waals surface area contributed by atoms with Gasteiger partial charge in [-0.1, -0.05) is 12.1 Å². The molecule has 0 radical (unpaired) electrons. The van der Waals surface area contributed by atoms with Crippen molar-refractivity contribution in [1.29, 1.82) is 0 Å². The first kappa shape index (κ1) is 19.1. The van der Waals surface area contributed by atoms with Crippen LogP contribution >= 0.6 is 0 Å². The van der Waals surface area contributed by atoms with Gasteiger partial charge in [0, 0.05) is 44.7 Å². The number of piperazine rings is 1. The van der Waals surface area contributed by atoms with Gasteiger partial charge < -0.3 is 14.2 Å². The lowest BCUT2D eigenvalue weighted by Gasteiger charge is -2.36. The molecule has 0 bridgehead atoms. The van der Waals surface area contributed by atoms with E-state index < -0.39 is 0 Å². The van der Waals surface area contributed by atoms with Crippen LogP contribution in [0.15, 0.2) is 59.1 Å². The van der Waals surface area contributed by atoms with E-state index in [0.717, 1.165) is 5.69 Å². The van der Waals surface area contributed by atoms with Gasteiger partial charge in [-0.15, -0.1) is 0 Å². The fourth-order valence-electron chi connectivity index (χ4n) is 3.45. The maximum Gasteiger partial charge on any atom is 0.223 e. The van der Waals surface area contributed by atoms with Crippen LogP contribution in [0.2, 0.25) is 0 Å². The predicted octanol–water partition coefficient (Wildman–Crippen LogP) is 3.90. The maximum atomic E-state index is 13.8. The zero-order chi connectivity index (χ0) is 20.2. The molecule has 29 heavy (non-hydrogen) atoms. The molecule has 1 aliphatic heterocycles. The van der Waals surface area contributed by atoms with Crippen molar-refractivity contribution in [3.63, 3.8) is 0 Å². The molecule has 1 fully saturated rings. The monoisotopic (exact) mass is 397 g/mol. The van der Waals surface area contributed by atoms with Gasteiger partial charge in [0.1, 0.15) is 11.6 Å². The van der Waals surface area contributed by atoms with Gasteiger partial charge in [0.15, 0.2) is 11.7 Å². The topological polar surface area (TPSA) is 49.6 Å². The zero-order valence-electron chi connectivity index (χ0n) is 15.9. The molecule has 3 aromatic rings. The summed E-state index contributed by atoms with van der Waals surface area (Å²) >= 11 is 0. The summed E-state index contributed by atoms with van der Waals surface area (Å²) in [4.78, 5) is 20.6. The summed E-state index contributed by atoms with van der Waals surface area (Å²) in [5.41, 5.74) is 1.31. The van der Waals surface area contributed by atoms with Crippen molar-refractivity contribution in [2.75, 3.05) is 31.1 Å². The second-order valence-corrected chi connectivity index (χ2v) is 6.94. The number of carbonyl (C=O) groups excluding carboxylic acids is 1. The summed E-state index contributed by atoms with van der Waals surface area (Å²) in [6.07, 6.45) is 2.14. The minimum atomic E-state index is -0.370. The lowest BCUT2D eigenvalue weighted by atomic mass is 10.2. The van der Waals surface area contributed by atoms with Crippen LogP contribution in [0.4, 0.5) is 14.5 Å². The Labute approximate surface area is 167 Å². The predicted molar refractivity (Wildman–Crippen MR) is 105 cm³/mol. The van der Waals surface area contributed by atoms with E-state index in [0.29, 0.717) is 49.8 Å². The van der Waals surface area contributed by atoms with Crippen LogP contribution in [-0.2, 0) is 11.2 Å². The van der Waals surface area contributed by atoms with Gasteiger partial charge in [0.25, 0.3) is 0 Å². The van der Waals surface area contributed by atoms with Crippen molar-refractivity contribution in [2.24, 2.45) is 0 Å². The summed E-state index contributed by atoms with van der Waals surface area (Å²) in [6.45, 7) is 2.63. The average Bonchev–Trinajstić information content (AvgIpc) is 3.22. The third kappa shape index (κ3) is 4.45. The third-order valence-electron chi connectivity index (χ3n) is 5.07. The zero-order valence-corrected chi connectivity index (χ0v) is 15.9. The largest absolute Gasteiger partial charge is 0.441 e. The van der Waals surface area contributed by atoms with Gasteiger partial charge in [-0.05, 0) is 36.4 Å². The quantitative estimate of drug-likeness (QED) is 0.655. The molecule has 2 heterocycles. The number of amides is 1. The fourth-order valence-corrected chi connectivity index (χ4v) is 3.45. The van der Waals surface area contributed by atoms with E-state index in [9.17, 15) is 13.6 Å². The number of halogens is 2. The van der Waals surface area contributed by atoms with Gasteiger partial charge in [-0.2, -0.15) is 0 Å². The Bertz CT molecular complexity index is 980. The van der Waals surface area contributed by atoms with Crippen LogP contribution in [0.1, 0.15) is 12.3 Å². The molecule has 1 amide bonds. The van der Waals surface area contributed by atoms with Crippen molar-refractivity contribution in [1.82, 2.24) is 9.88 Å². The number of benzene rings is 2. The van der Waals surface area contributed by atoms with Crippen LogP contribution in [0.5, 0.6) is 0 Å². The molecule has 0 spiro atoms. The smallest absolute Gasteiger partial charge is 0.223 e. The van der Waals surface area contributed by atoms with Crippen LogP contribution < -0.4 is 4.90 Å². The van der Waals surface area contributed by atoms with Crippen molar-refractivity contribution in [3.8, 4) is 11.3 Å². The van der Waals surface area contributed by atoms with Gasteiger partial charge in [0.05, 0.1) is 11.8 Å². The first-order valence-corrected chi connectivity index (χ1v) is 9.58. The molecular weight excluding hydrogens is 376 g/mol. The number of anilines is 1. The Balaban J connectivity index is 1.29. The van der Waals surface area contributed by atoms with Gasteiger partial charge in [-0.25, -0.2) is 13.8 Å². The second-order valence-electron chi connectivity index (χ2n) is 6.94. The molecule has 1 aliphatic rings. The molecule has 0 saturated carbocycles. The van der Waals surface area contributed by atoms with Gasteiger partial charge in [0.2, 0.25) is 5.91 Å². The molecule has 5 nitrogen and oxygen atoms in total. The Morgan fingerprint density at radius 1 is 1.00 bits per heavy atom. The number of aryl methyl sites for hydroxylation is 1. The molecule has 1 aromatic heterocycles. The highest BCUT2D eigenvalue weighted by Gasteiger charge is 2.22. The van der Waals surface area contributed by atoms with Gasteiger partial charge in [-0.3, -0.25) is 4.79 Å². The summed E-state index contributed by atoms with van der Waals surface area (Å²) in [7, 11) is 0. The third-order valence-corrected chi connectivity index (χ3v) is 5.07. The number of nitrogens with zero attached hydrogens (tertiary/aromatic N) is 3. The molecule has 2 aromatic carbocycles. The number of hydrogen-bond donors (Lipinski definition) is 0. The molecule has 150 valence electrons. The second kappa shape index (κ2) is 8.43. The van der Waals surface area contributed by atoms with E-state index in [1.54, 1.807) is 30.3 Å². The Kier molecular flexibility index (Phi) is 5.55. The summed E-state index contributed by atoms with van der Waals surface area (Å²) in [5.74, 6) is 0.187. The minimum absolute atomic E-state index is 0.0365. The lowest BCUT2D eigenvalue weighted by molar-refractivity contribution is -0.131. The van der Waals surface area contributed by atoms with E-state index in [1.807, 2.05) is 4.90 Å². The fraction of sp³-hybridized carbons (Fsp3) is 0.273. The molecule has 0 unspecified atom stereocenters. The number of hydrogen-bond acceptors (Lipinski definition) is 4. The van der Waals surface area contributed by atoms with Crippen LogP contribution in [-0.4, -0.2) is 42.0 Å². The molecule has 0 atom stereocenters. The van der Waals surface area contributed by atoms with E-state index in [1.165, 1.54) is 24.4 Å². The molecule has 7 heteroatoms. The number of rotatable bonds is 5. The molecular formula is C22H21F2N3O2. The Morgan fingerprint density at radius 2 is 1.72 bits per heavy atom. The number of carbonyl (C=O) groups is 1. The normalized spacial score (nSPS) is 14.3. The molecule has 4 rings (SSSR count). The van der Waals surface area contributed by atoms with Crippen LogP contribution in [0.3, 0.4) is 0 Å². The standard InChI is InChI=1S/C22H21F2N3O2/c23-16-5-7-17(8-6-16)26-11-13-27(14-12-26)22(28)10-9-21-25-15-20(29-21)18-3-1-2-4-19(18)24/h1-8,15H,9-14H2. The Morgan fingerprint density at radius 3 is 2.45 bits per heavy atom. The van der Waals surface area contributed by atoms with E-state index >= 15 is 0 Å². The van der Waals surface area contributed by atoms with Crippen molar-refractivity contribution >= 4 is 11.6 Å². The number of oxazole rings is 1. The van der Waals surface area contributed by atoms with Crippen molar-refractivity contribution < 1.29 is 18.0 Å². The number of aromatic nitrogens is 1. The van der Waals surface area contributed by atoms with E-state index in [2.05, 4.69) is 9.88 Å². The minimum Gasteiger partial charge on any atom is -0.441 e. The molecule has 0 aliphatic carbocycles. The van der Waals surface area contributed by atoms with Crippen LogP contribution in [0.25, 0.3) is 11.3 Å². The highest BCUT2D eigenvalue weighted by atomic mass is 19.1. The maximum absolute atomic E-state index is 13.8. The average molecular weight is 397 g/mol. The lowest BCUT2D eigenvalue weighted by Crippen LogP contribution is -2.48. The molecule has 0 N–H and O–H groups in total. The van der Waals surface area contributed by atoms with E-state index in [-0.39, 0.29) is 24.0 Å². The Hall–Kier alpha value is -3.22. The highest BCUT2D eigenvalue weighted by molar-refractivity contribution is 5.76. The molecule has 1 saturated heterocycles. The van der Waals surface area contributed by atoms with E-state index in [4.69, 9.17) is 4.42 Å². The van der Waals surface area contributed by atoms with Gasteiger partial charge >= 0.3 is 0 Å². The van der Waals surface area contributed by atoms with Crippen molar-refractivity contribution in [2.45, 2.75) is 12.8 Å². The summed E-state index contributed by atoms with van der Waals surface area (Å²) in [6, 6.07) is 12.7. The summed E-state index contributed by atoms with van der Waals surface area (Å²) < 4.78 is 32.5. The summed E-state index contributed by atoms with van der Waals surface area (Å²) in [5, 5.41) is 0. The highest BCUT2D eigenvalue weighted by Crippen LogP contribution is 2.24. The first-order chi connectivity index (χ1) is 14.1. The van der Waals surface area contributed by atoms with Crippen molar-refractivity contribution in [3.05, 3.63) is 72.3 Å². The van der Waals surface area contributed by atoms with Crippen LogP contribution in [0, 0.1) is 11.6 Å². The SMILES string of the molecule is O=C(CCc1ncc(-c2ccccc2F)o1)N1CCN(c2ccc(F)cc2)CC1.